The van der Waals surface area contributed by atoms with Crippen LogP contribution in [0.3, 0.4) is 0 Å². The number of nitrogens with one attached hydrogen (secondary N) is 1. The maximum atomic E-state index is 13.0. The molecule has 0 bridgehead atoms. The highest BCUT2D eigenvalue weighted by molar-refractivity contribution is 7.80. The van der Waals surface area contributed by atoms with E-state index >= 15 is 0 Å². The molecule has 0 amide bonds. The molecule has 4 nitrogen and oxygen atoms in total. The highest BCUT2D eigenvalue weighted by Crippen LogP contribution is 2.36. The molecule has 0 aromatic heterocycles. The lowest BCUT2D eigenvalue weighted by molar-refractivity contribution is -0.137. The summed E-state index contributed by atoms with van der Waals surface area (Å²) < 4.78 is 39.0. The molecule has 2 aromatic rings. The summed E-state index contributed by atoms with van der Waals surface area (Å²) in [5, 5.41) is 12.1. The number of benzene rings is 2. The molecule has 146 valence electrons. The third kappa shape index (κ3) is 4.49. The lowest BCUT2D eigenvalue weighted by Gasteiger charge is -2.37. The lowest BCUT2D eigenvalue weighted by Crippen LogP contribution is -2.50. The zero-order valence-electron chi connectivity index (χ0n) is 14.6. The van der Waals surface area contributed by atoms with E-state index in [-0.39, 0.29) is 10.7 Å². The average molecular weight is 425 g/mol. The zero-order chi connectivity index (χ0) is 20.3. The van der Waals surface area contributed by atoms with E-state index in [4.69, 9.17) is 23.8 Å². The fourth-order valence-electron chi connectivity index (χ4n) is 3.02. The summed E-state index contributed by atoms with van der Waals surface area (Å²) in [6, 6.07) is 13.2. The SMILES string of the molecule is N#Cc1ccccc1N1CCN(C(=S)Nc2ccc(Cl)c(C(F)(F)F)c2)CC1. The number of nitrogens with zero attached hydrogens (tertiary/aromatic N) is 3. The molecule has 0 unspecified atom stereocenters. The first-order valence-electron chi connectivity index (χ1n) is 8.46. The van der Waals surface area contributed by atoms with Crippen molar-refractivity contribution in [2.24, 2.45) is 0 Å². The largest absolute Gasteiger partial charge is 0.417 e. The van der Waals surface area contributed by atoms with Crippen LogP contribution in [0, 0.1) is 11.3 Å². The number of hydrogen-bond donors (Lipinski definition) is 1. The molecule has 1 aliphatic rings. The van der Waals surface area contributed by atoms with Gasteiger partial charge in [0.2, 0.25) is 0 Å². The van der Waals surface area contributed by atoms with Gasteiger partial charge >= 0.3 is 6.18 Å². The summed E-state index contributed by atoms with van der Waals surface area (Å²) in [5.74, 6) is 0. The van der Waals surface area contributed by atoms with Crippen molar-refractivity contribution in [1.82, 2.24) is 4.90 Å². The van der Waals surface area contributed by atoms with Crippen LogP contribution in [0.4, 0.5) is 24.5 Å². The van der Waals surface area contributed by atoms with Crippen LogP contribution in [0.1, 0.15) is 11.1 Å². The van der Waals surface area contributed by atoms with Crippen molar-refractivity contribution in [3.63, 3.8) is 0 Å². The highest BCUT2D eigenvalue weighted by atomic mass is 35.5. The number of nitriles is 1. The van der Waals surface area contributed by atoms with Gasteiger partial charge in [0.15, 0.2) is 5.11 Å². The Hall–Kier alpha value is -2.50. The molecule has 0 aliphatic carbocycles. The second-order valence-electron chi connectivity index (χ2n) is 6.23. The predicted molar refractivity (Wildman–Crippen MR) is 108 cm³/mol. The minimum atomic E-state index is -4.53. The molecule has 0 atom stereocenters. The predicted octanol–water partition coefficient (Wildman–Crippen LogP) is 4.75. The summed E-state index contributed by atoms with van der Waals surface area (Å²) in [4.78, 5) is 3.99. The maximum Gasteiger partial charge on any atom is 0.417 e. The summed E-state index contributed by atoms with van der Waals surface area (Å²) in [6.07, 6.45) is -4.53. The number of halogens is 4. The molecular weight excluding hydrogens is 409 g/mol. The second-order valence-corrected chi connectivity index (χ2v) is 7.02. The first-order valence-corrected chi connectivity index (χ1v) is 9.25. The highest BCUT2D eigenvalue weighted by Gasteiger charge is 2.33. The third-order valence-electron chi connectivity index (χ3n) is 4.46. The van der Waals surface area contributed by atoms with Crippen molar-refractivity contribution < 1.29 is 13.2 Å². The van der Waals surface area contributed by atoms with Gasteiger partial charge in [0.05, 0.1) is 21.8 Å². The molecule has 0 spiro atoms. The van der Waals surface area contributed by atoms with Crippen LogP contribution < -0.4 is 10.2 Å². The van der Waals surface area contributed by atoms with Gasteiger partial charge < -0.3 is 15.1 Å². The van der Waals surface area contributed by atoms with Crippen LogP contribution in [-0.2, 0) is 6.18 Å². The average Bonchev–Trinajstić information content (AvgIpc) is 2.68. The van der Waals surface area contributed by atoms with Gasteiger partial charge in [0, 0.05) is 31.9 Å². The molecule has 1 heterocycles. The number of hydrogen-bond acceptors (Lipinski definition) is 3. The maximum absolute atomic E-state index is 13.0. The normalized spacial score (nSPS) is 14.5. The van der Waals surface area contributed by atoms with Gasteiger partial charge in [-0.15, -0.1) is 0 Å². The van der Waals surface area contributed by atoms with Gasteiger partial charge in [-0.25, -0.2) is 0 Å². The van der Waals surface area contributed by atoms with Crippen molar-refractivity contribution in [1.29, 1.82) is 5.26 Å². The standard InChI is InChI=1S/C19H16ClF3N4S/c20-16-6-5-14(11-15(16)19(21,22)23)25-18(28)27-9-7-26(8-10-27)17-4-2-1-3-13(17)12-24/h1-6,11H,7-10H2,(H,25,28). The summed E-state index contributed by atoms with van der Waals surface area (Å²) in [6.45, 7) is 2.47. The molecule has 28 heavy (non-hydrogen) atoms. The van der Waals surface area contributed by atoms with E-state index in [2.05, 4.69) is 16.3 Å². The van der Waals surface area contributed by atoms with Gasteiger partial charge in [-0.1, -0.05) is 23.7 Å². The first-order chi connectivity index (χ1) is 13.3. The Bertz CT molecular complexity index is 918. The third-order valence-corrected chi connectivity index (χ3v) is 5.14. The summed E-state index contributed by atoms with van der Waals surface area (Å²) in [7, 11) is 0. The minimum Gasteiger partial charge on any atom is -0.367 e. The molecule has 0 saturated carbocycles. The van der Waals surface area contributed by atoms with E-state index in [0.717, 1.165) is 11.8 Å². The number of para-hydroxylation sites is 1. The molecule has 9 heteroatoms. The number of anilines is 2. The molecular formula is C19H16ClF3N4S. The Labute approximate surface area is 171 Å². The fourth-order valence-corrected chi connectivity index (χ4v) is 3.54. The van der Waals surface area contributed by atoms with Gasteiger partial charge in [-0.05, 0) is 42.5 Å². The van der Waals surface area contributed by atoms with Crippen LogP contribution in [-0.4, -0.2) is 36.2 Å². The first kappa shape index (κ1) is 20.2. The van der Waals surface area contributed by atoms with E-state index in [9.17, 15) is 18.4 Å². The number of alkyl halides is 3. The second kappa shape index (κ2) is 8.25. The van der Waals surface area contributed by atoms with Crippen molar-refractivity contribution in [3.8, 4) is 6.07 Å². The quantitative estimate of drug-likeness (QED) is 0.705. The molecule has 0 radical (unpaired) electrons. The lowest BCUT2D eigenvalue weighted by atomic mass is 10.1. The van der Waals surface area contributed by atoms with Gasteiger partial charge in [0.1, 0.15) is 6.07 Å². The van der Waals surface area contributed by atoms with Crippen LogP contribution >= 0.6 is 23.8 Å². The van der Waals surface area contributed by atoms with Crippen molar-refractivity contribution in [3.05, 3.63) is 58.6 Å². The van der Waals surface area contributed by atoms with Crippen LogP contribution in [0.15, 0.2) is 42.5 Å². The smallest absolute Gasteiger partial charge is 0.367 e. The Morgan fingerprint density at radius 3 is 2.43 bits per heavy atom. The molecule has 1 saturated heterocycles. The summed E-state index contributed by atoms with van der Waals surface area (Å²) in [5.41, 5.74) is 0.812. The van der Waals surface area contributed by atoms with E-state index < -0.39 is 11.7 Å². The molecule has 1 aliphatic heterocycles. The van der Waals surface area contributed by atoms with Gasteiger partial charge in [-0.2, -0.15) is 18.4 Å². The van der Waals surface area contributed by atoms with Crippen LogP contribution in [0.25, 0.3) is 0 Å². The molecule has 1 N–H and O–H groups in total. The van der Waals surface area contributed by atoms with Crippen LogP contribution in [0.5, 0.6) is 0 Å². The monoisotopic (exact) mass is 424 g/mol. The van der Waals surface area contributed by atoms with E-state index in [1.807, 2.05) is 23.1 Å². The van der Waals surface area contributed by atoms with Gasteiger partial charge in [0.25, 0.3) is 0 Å². The number of thiocarbonyl (C=S) groups is 1. The fraction of sp³-hybridized carbons (Fsp3) is 0.263. The van der Waals surface area contributed by atoms with E-state index in [1.165, 1.54) is 12.1 Å². The number of piperazine rings is 1. The molecule has 2 aromatic carbocycles. The van der Waals surface area contributed by atoms with Gasteiger partial charge in [-0.3, -0.25) is 0 Å². The van der Waals surface area contributed by atoms with Crippen molar-refractivity contribution in [2.75, 3.05) is 36.4 Å². The Balaban J connectivity index is 1.64. The number of rotatable bonds is 2. The zero-order valence-corrected chi connectivity index (χ0v) is 16.2. The topological polar surface area (TPSA) is 42.3 Å². The van der Waals surface area contributed by atoms with Crippen molar-refractivity contribution in [2.45, 2.75) is 6.18 Å². The minimum absolute atomic E-state index is 0.235. The summed E-state index contributed by atoms with van der Waals surface area (Å²) >= 11 is 11.0. The Morgan fingerprint density at radius 2 is 1.79 bits per heavy atom. The van der Waals surface area contributed by atoms with E-state index in [1.54, 1.807) is 6.07 Å². The molecule has 1 fully saturated rings. The van der Waals surface area contributed by atoms with E-state index in [0.29, 0.717) is 36.9 Å². The Kier molecular flexibility index (Phi) is 5.96. The Morgan fingerprint density at radius 1 is 1.11 bits per heavy atom. The molecule has 3 rings (SSSR count). The van der Waals surface area contributed by atoms with Crippen molar-refractivity contribution >= 4 is 40.3 Å². The van der Waals surface area contributed by atoms with Crippen LogP contribution in [0.2, 0.25) is 5.02 Å².